The molecule has 1 heterocycles. The van der Waals surface area contributed by atoms with Gasteiger partial charge >= 0.3 is 0 Å². The minimum absolute atomic E-state index is 0.906. The topological polar surface area (TPSA) is 3.24 Å². The molecule has 0 aromatic rings. The first-order chi connectivity index (χ1) is 5.61. The Morgan fingerprint density at radius 3 is 2.00 bits per heavy atom. The normalized spacial score (nSPS) is 30.8. The Hall–Kier alpha value is -0.0400. The SMILES string of the molecule is CC1CCN(C)C[C@H]1C.CCC. The van der Waals surface area contributed by atoms with E-state index in [-0.39, 0.29) is 0 Å². The van der Waals surface area contributed by atoms with Crippen LogP contribution in [0.15, 0.2) is 0 Å². The third-order valence-electron chi connectivity index (χ3n) is 2.54. The first kappa shape index (κ1) is 12.0. The van der Waals surface area contributed by atoms with Gasteiger partial charge in [-0.3, -0.25) is 0 Å². The van der Waals surface area contributed by atoms with Crippen molar-refractivity contribution in [2.24, 2.45) is 11.8 Å². The fourth-order valence-corrected chi connectivity index (χ4v) is 1.47. The van der Waals surface area contributed by atoms with Crippen LogP contribution in [0.25, 0.3) is 0 Å². The molecule has 74 valence electrons. The van der Waals surface area contributed by atoms with Gasteiger partial charge in [0.2, 0.25) is 0 Å². The highest BCUT2D eigenvalue weighted by Gasteiger charge is 2.19. The fraction of sp³-hybridized carbons (Fsp3) is 1.00. The highest BCUT2D eigenvalue weighted by atomic mass is 15.1. The molecule has 0 saturated carbocycles. The van der Waals surface area contributed by atoms with Gasteiger partial charge in [0.05, 0.1) is 0 Å². The summed E-state index contributed by atoms with van der Waals surface area (Å²) in [6.45, 7) is 11.5. The van der Waals surface area contributed by atoms with Crippen molar-refractivity contribution in [1.82, 2.24) is 4.90 Å². The van der Waals surface area contributed by atoms with Crippen LogP contribution in [0, 0.1) is 11.8 Å². The van der Waals surface area contributed by atoms with Gasteiger partial charge in [-0.15, -0.1) is 0 Å². The molecule has 2 atom stereocenters. The number of piperidine rings is 1. The van der Waals surface area contributed by atoms with Crippen LogP contribution in [0.3, 0.4) is 0 Å². The van der Waals surface area contributed by atoms with E-state index in [4.69, 9.17) is 0 Å². The van der Waals surface area contributed by atoms with Crippen LogP contribution >= 0.6 is 0 Å². The van der Waals surface area contributed by atoms with Crippen LogP contribution in [-0.2, 0) is 0 Å². The lowest BCUT2D eigenvalue weighted by Crippen LogP contribution is -2.35. The van der Waals surface area contributed by atoms with E-state index in [2.05, 4.69) is 39.6 Å². The Kier molecular flexibility index (Phi) is 6.45. The van der Waals surface area contributed by atoms with Gasteiger partial charge in [0.25, 0.3) is 0 Å². The van der Waals surface area contributed by atoms with Crippen molar-refractivity contribution in [2.75, 3.05) is 20.1 Å². The molecule has 0 N–H and O–H groups in total. The van der Waals surface area contributed by atoms with Gasteiger partial charge in [-0.05, 0) is 31.8 Å². The van der Waals surface area contributed by atoms with E-state index >= 15 is 0 Å². The largest absolute Gasteiger partial charge is 0.306 e. The van der Waals surface area contributed by atoms with Gasteiger partial charge < -0.3 is 4.90 Å². The van der Waals surface area contributed by atoms with Crippen molar-refractivity contribution < 1.29 is 0 Å². The number of hydrogen-bond acceptors (Lipinski definition) is 1. The molecule has 0 aromatic heterocycles. The van der Waals surface area contributed by atoms with E-state index in [1.165, 1.54) is 25.9 Å². The van der Waals surface area contributed by atoms with Gasteiger partial charge in [-0.25, -0.2) is 0 Å². The zero-order chi connectivity index (χ0) is 9.56. The minimum Gasteiger partial charge on any atom is -0.306 e. The highest BCUT2D eigenvalue weighted by Crippen LogP contribution is 2.20. The average Bonchev–Trinajstić information content (AvgIpc) is 1.99. The summed E-state index contributed by atoms with van der Waals surface area (Å²) in [7, 11) is 2.21. The molecular formula is C11H25N. The number of rotatable bonds is 0. The molecule has 0 aliphatic carbocycles. The van der Waals surface area contributed by atoms with Crippen LogP contribution < -0.4 is 0 Å². The molecule has 1 nitrogen and oxygen atoms in total. The van der Waals surface area contributed by atoms with E-state index in [0.717, 1.165) is 11.8 Å². The Bertz CT molecular complexity index is 101. The lowest BCUT2D eigenvalue weighted by Gasteiger charge is -2.32. The van der Waals surface area contributed by atoms with Crippen molar-refractivity contribution in [3.8, 4) is 0 Å². The molecule has 0 aromatic carbocycles. The first-order valence-corrected chi connectivity index (χ1v) is 5.30. The molecule has 1 fully saturated rings. The van der Waals surface area contributed by atoms with Crippen LogP contribution in [-0.4, -0.2) is 25.0 Å². The predicted octanol–water partition coefficient (Wildman–Crippen LogP) is 3.01. The molecule has 1 saturated heterocycles. The quantitative estimate of drug-likeness (QED) is 0.541. The molecule has 12 heavy (non-hydrogen) atoms. The average molecular weight is 171 g/mol. The van der Waals surface area contributed by atoms with Crippen molar-refractivity contribution >= 4 is 0 Å². The summed E-state index contributed by atoms with van der Waals surface area (Å²) in [6, 6.07) is 0. The van der Waals surface area contributed by atoms with Gasteiger partial charge in [0, 0.05) is 6.54 Å². The maximum atomic E-state index is 2.42. The van der Waals surface area contributed by atoms with E-state index < -0.39 is 0 Å². The molecular weight excluding hydrogens is 146 g/mol. The lowest BCUT2D eigenvalue weighted by atomic mass is 9.89. The third-order valence-corrected chi connectivity index (χ3v) is 2.54. The van der Waals surface area contributed by atoms with Crippen molar-refractivity contribution in [2.45, 2.75) is 40.5 Å². The molecule has 1 heteroatoms. The van der Waals surface area contributed by atoms with E-state index in [1.54, 1.807) is 0 Å². The van der Waals surface area contributed by atoms with E-state index in [9.17, 15) is 0 Å². The van der Waals surface area contributed by atoms with Gasteiger partial charge in [-0.1, -0.05) is 34.1 Å². The summed E-state index contributed by atoms with van der Waals surface area (Å²) in [5, 5.41) is 0. The van der Waals surface area contributed by atoms with Crippen LogP contribution in [0.2, 0.25) is 0 Å². The van der Waals surface area contributed by atoms with Crippen molar-refractivity contribution in [1.29, 1.82) is 0 Å². The second-order valence-electron chi connectivity index (χ2n) is 4.21. The summed E-state index contributed by atoms with van der Waals surface area (Å²) < 4.78 is 0. The highest BCUT2D eigenvalue weighted by molar-refractivity contribution is 4.72. The van der Waals surface area contributed by atoms with Gasteiger partial charge in [-0.2, -0.15) is 0 Å². The summed E-state index contributed by atoms with van der Waals surface area (Å²) in [5.41, 5.74) is 0. The monoisotopic (exact) mass is 171 g/mol. The number of likely N-dealkylation sites (tertiary alicyclic amines) is 1. The molecule has 0 spiro atoms. The van der Waals surface area contributed by atoms with Crippen molar-refractivity contribution in [3.05, 3.63) is 0 Å². The standard InChI is InChI=1S/C8H17N.C3H8/c1-7-4-5-9(3)6-8(7)2;1-3-2/h7-8H,4-6H2,1-3H3;3H2,1-2H3/t7?,8-;/m1./s1. The number of nitrogens with zero attached hydrogens (tertiary/aromatic N) is 1. The molecule has 0 radical (unpaired) electrons. The summed E-state index contributed by atoms with van der Waals surface area (Å²) in [6.07, 6.45) is 2.64. The second-order valence-corrected chi connectivity index (χ2v) is 4.21. The minimum atomic E-state index is 0.906. The Morgan fingerprint density at radius 2 is 1.67 bits per heavy atom. The van der Waals surface area contributed by atoms with Crippen LogP contribution in [0.4, 0.5) is 0 Å². The molecule has 1 unspecified atom stereocenters. The maximum absolute atomic E-state index is 2.42. The van der Waals surface area contributed by atoms with Crippen LogP contribution in [0.1, 0.15) is 40.5 Å². The first-order valence-electron chi connectivity index (χ1n) is 5.30. The van der Waals surface area contributed by atoms with Gasteiger partial charge in [0.15, 0.2) is 0 Å². The third kappa shape index (κ3) is 4.76. The van der Waals surface area contributed by atoms with E-state index in [1.807, 2.05) is 0 Å². The second kappa shape index (κ2) is 6.47. The van der Waals surface area contributed by atoms with Gasteiger partial charge in [0.1, 0.15) is 0 Å². The fourth-order valence-electron chi connectivity index (χ4n) is 1.47. The zero-order valence-corrected chi connectivity index (χ0v) is 9.43. The summed E-state index contributed by atoms with van der Waals surface area (Å²) in [4.78, 5) is 2.42. The Morgan fingerprint density at radius 1 is 1.17 bits per heavy atom. The molecule has 0 amide bonds. The molecule has 1 aliphatic rings. The maximum Gasteiger partial charge on any atom is 0.000652 e. The molecule has 0 bridgehead atoms. The number of hydrogen-bond donors (Lipinski definition) is 0. The summed E-state index contributed by atoms with van der Waals surface area (Å²) in [5.74, 6) is 1.85. The predicted molar refractivity (Wildman–Crippen MR) is 56.4 cm³/mol. The Labute approximate surface area is 78.1 Å². The molecule has 1 aliphatic heterocycles. The Balaban J connectivity index is 0.000000354. The molecule has 1 rings (SSSR count). The van der Waals surface area contributed by atoms with Crippen molar-refractivity contribution in [3.63, 3.8) is 0 Å². The smallest absolute Gasteiger partial charge is 0.000652 e. The summed E-state index contributed by atoms with van der Waals surface area (Å²) >= 11 is 0. The lowest BCUT2D eigenvalue weighted by molar-refractivity contribution is 0.166. The van der Waals surface area contributed by atoms with E-state index in [0.29, 0.717) is 0 Å². The zero-order valence-electron chi connectivity index (χ0n) is 9.43. The van der Waals surface area contributed by atoms with Crippen LogP contribution in [0.5, 0.6) is 0 Å².